The summed E-state index contributed by atoms with van der Waals surface area (Å²) < 4.78 is 19.2. The summed E-state index contributed by atoms with van der Waals surface area (Å²) in [6.07, 6.45) is 4.69. The van der Waals surface area contributed by atoms with Gasteiger partial charge in [0, 0.05) is 31.7 Å². The van der Waals surface area contributed by atoms with Gasteiger partial charge in [-0.05, 0) is 38.3 Å². The first-order valence-corrected chi connectivity index (χ1v) is 8.87. The number of amides is 1. The van der Waals surface area contributed by atoms with E-state index in [9.17, 15) is 9.18 Å². The fourth-order valence-electron chi connectivity index (χ4n) is 3.29. The molecule has 1 aromatic carbocycles. The number of ether oxygens (including phenoxy) is 1. The van der Waals surface area contributed by atoms with Crippen LogP contribution in [0.5, 0.6) is 0 Å². The lowest BCUT2D eigenvalue weighted by atomic mass is 10.1. The molecule has 2 aromatic rings. The molecule has 6 heteroatoms. The highest BCUT2D eigenvalue weighted by molar-refractivity contribution is 5.77. The molecule has 1 amide bonds. The molecule has 0 radical (unpaired) electrons. The average molecular weight is 345 g/mol. The Kier molecular flexibility index (Phi) is 5.81. The third kappa shape index (κ3) is 4.07. The van der Waals surface area contributed by atoms with Crippen molar-refractivity contribution < 1.29 is 13.9 Å². The fraction of sp³-hybridized carbons (Fsp3) is 0.474. The van der Waals surface area contributed by atoms with Crippen molar-refractivity contribution in [3.05, 3.63) is 42.1 Å². The van der Waals surface area contributed by atoms with Crippen LogP contribution < -0.4 is 0 Å². The second-order valence-corrected chi connectivity index (χ2v) is 6.21. The summed E-state index contributed by atoms with van der Waals surface area (Å²) in [6.45, 7) is 3.97. The van der Waals surface area contributed by atoms with Crippen molar-refractivity contribution in [2.45, 2.75) is 38.6 Å². The van der Waals surface area contributed by atoms with E-state index in [1.165, 1.54) is 6.07 Å². The van der Waals surface area contributed by atoms with Crippen LogP contribution in [0.25, 0.3) is 11.3 Å². The molecule has 1 saturated heterocycles. The number of rotatable bonds is 7. The number of likely N-dealkylation sites (tertiary alicyclic amines) is 1. The largest absolute Gasteiger partial charge is 0.382 e. The van der Waals surface area contributed by atoms with Gasteiger partial charge in [-0.15, -0.1) is 0 Å². The van der Waals surface area contributed by atoms with Gasteiger partial charge in [-0.2, -0.15) is 0 Å². The molecule has 25 heavy (non-hydrogen) atoms. The van der Waals surface area contributed by atoms with Crippen LogP contribution >= 0.6 is 0 Å². The van der Waals surface area contributed by atoms with Gasteiger partial charge in [0.25, 0.3) is 0 Å². The van der Waals surface area contributed by atoms with Gasteiger partial charge in [0.05, 0.1) is 17.9 Å². The van der Waals surface area contributed by atoms with Gasteiger partial charge in [0.15, 0.2) is 0 Å². The fourth-order valence-corrected chi connectivity index (χ4v) is 3.29. The normalized spacial score (nSPS) is 17.2. The molecule has 0 saturated carbocycles. The number of aromatic nitrogens is 2. The number of nitrogens with one attached hydrogen (secondary N) is 1. The molecule has 0 aliphatic carbocycles. The summed E-state index contributed by atoms with van der Waals surface area (Å²) in [5, 5.41) is 0. The van der Waals surface area contributed by atoms with E-state index in [2.05, 4.69) is 9.97 Å². The number of benzene rings is 1. The van der Waals surface area contributed by atoms with E-state index in [1.54, 1.807) is 24.4 Å². The van der Waals surface area contributed by atoms with Gasteiger partial charge in [-0.3, -0.25) is 4.79 Å². The minimum Gasteiger partial charge on any atom is -0.382 e. The smallest absolute Gasteiger partial charge is 0.223 e. The number of hydrogen-bond donors (Lipinski definition) is 1. The Labute approximate surface area is 147 Å². The van der Waals surface area contributed by atoms with Crippen molar-refractivity contribution in [3.63, 3.8) is 0 Å². The van der Waals surface area contributed by atoms with E-state index in [4.69, 9.17) is 4.74 Å². The standard InChI is InChI=1S/C19H24FN3O2/c1-2-25-12-6-10-18(24)23-11-5-9-17(23)19-21-13-16(22-19)14-7-3-4-8-15(14)20/h3-4,7-8,13,17H,2,5-6,9-12H2,1H3,(H,21,22)/t17-/m0/s1. The SMILES string of the molecule is CCOCCCC(=O)N1CCC[C@H]1c1ncc(-c2ccccc2F)[nH]1. The van der Waals surface area contributed by atoms with Gasteiger partial charge in [-0.1, -0.05) is 12.1 Å². The molecule has 3 rings (SSSR count). The minimum absolute atomic E-state index is 0.0554. The van der Waals surface area contributed by atoms with Gasteiger partial charge < -0.3 is 14.6 Å². The monoisotopic (exact) mass is 345 g/mol. The maximum atomic E-state index is 13.9. The van der Waals surface area contributed by atoms with Crippen molar-refractivity contribution >= 4 is 5.91 Å². The molecule has 1 atom stereocenters. The van der Waals surface area contributed by atoms with Crippen LogP contribution in [0.1, 0.15) is 44.5 Å². The Morgan fingerprint density at radius 2 is 2.28 bits per heavy atom. The molecule has 5 nitrogen and oxygen atoms in total. The Morgan fingerprint density at radius 1 is 1.44 bits per heavy atom. The molecular formula is C19H24FN3O2. The first kappa shape index (κ1) is 17.6. The summed E-state index contributed by atoms with van der Waals surface area (Å²) in [6, 6.07) is 6.55. The quantitative estimate of drug-likeness (QED) is 0.779. The molecule has 1 fully saturated rings. The maximum Gasteiger partial charge on any atom is 0.223 e. The molecule has 0 spiro atoms. The first-order chi connectivity index (χ1) is 12.2. The number of halogens is 1. The highest BCUT2D eigenvalue weighted by atomic mass is 19.1. The van der Waals surface area contributed by atoms with E-state index < -0.39 is 0 Å². The molecule has 2 heterocycles. The molecule has 1 aliphatic heterocycles. The first-order valence-electron chi connectivity index (χ1n) is 8.87. The van der Waals surface area contributed by atoms with Crippen molar-refractivity contribution in [2.24, 2.45) is 0 Å². The summed E-state index contributed by atoms with van der Waals surface area (Å²) in [5.41, 5.74) is 1.14. The van der Waals surface area contributed by atoms with Crippen LogP contribution in [-0.2, 0) is 9.53 Å². The minimum atomic E-state index is -0.284. The van der Waals surface area contributed by atoms with Gasteiger partial charge >= 0.3 is 0 Å². The van der Waals surface area contributed by atoms with Crippen LogP contribution in [0.2, 0.25) is 0 Å². The lowest BCUT2D eigenvalue weighted by Gasteiger charge is -2.23. The van der Waals surface area contributed by atoms with E-state index in [1.807, 2.05) is 11.8 Å². The van der Waals surface area contributed by atoms with Crippen molar-refractivity contribution in [2.75, 3.05) is 19.8 Å². The third-order valence-corrected chi connectivity index (χ3v) is 4.53. The Morgan fingerprint density at radius 3 is 3.08 bits per heavy atom. The predicted octanol–water partition coefficient (Wildman–Crippen LogP) is 3.70. The van der Waals surface area contributed by atoms with Gasteiger partial charge in [0.1, 0.15) is 11.6 Å². The number of nitrogens with zero attached hydrogens (tertiary/aromatic N) is 2. The third-order valence-electron chi connectivity index (χ3n) is 4.53. The zero-order chi connectivity index (χ0) is 17.6. The van der Waals surface area contributed by atoms with Gasteiger partial charge in [0.2, 0.25) is 5.91 Å². The number of carbonyl (C=O) groups is 1. The molecule has 0 bridgehead atoms. The van der Waals surface area contributed by atoms with E-state index in [-0.39, 0.29) is 17.8 Å². The van der Waals surface area contributed by atoms with Crippen molar-refractivity contribution in [1.29, 1.82) is 0 Å². The van der Waals surface area contributed by atoms with Crippen LogP contribution in [0, 0.1) is 5.82 Å². The Balaban J connectivity index is 1.69. The highest BCUT2D eigenvalue weighted by Crippen LogP contribution is 2.32. The zero-order valence-corrected chi connectivity index (χ0v) is 14.5. The maximum absolute atomic E-state index is 13.9. The number of carbonyl (C=O) groups excluding carboxylic acids is 1. The highest BCUT2D eigenvalue weighted by Gasteiger charge is 2.31. The number of H-pyrrole nitrogens is 1. The molecule has 1 N–H and O–H groups in total. The van der Waals surface area contributed by atoms with Crippen LogP contribution in [-0.4, -0.2) is 40.5 Å². The van der Waals surface area contributed by atoms with Crippen molar-refractivity contribution in [1.82, 2.24) is 14.9 Å². The van der Waals surface area contributed by atoms with Crippen LogP contribution in [0.15, 0.2) is 30.5 Å². The number of imidazole rings is 1. The van der Waals surface area contributed by atoms with Crippen LogP contribution in [0.4, 0.5) is 4.39 Å². The molecule has 1 aromatic heterocycles. The summed E-state index contributed by atoms with van der Waals surface area (Å²) >= 11 is 0. The zero-order valence-electron chi connectivity index (χ0n) is 14.5. The average Bonchev–Trinajstić information content (AvgIpc) is 3.27. The molecular weight excluding hydrogens is 321 g/mol. The Bertz CT molecular complexity index is 716. The topological polar surface area (TPSA) is 58.2 Å². The van der Waals surface area contributed by atoms with E-state index in [0.717, 1.165) is 31.6 Å². The second-order valence-electron chi connectivity index (χ2n) is 6.21. The predicted molar refractivity (Wildman–Crippen MR) is 93.4 cm³/mol. The number of hydrogen-bond acceptors (Lipinski definition) is 3. The van der Waals surface area contributed by atoms with Crippen LogP contribution in [0.3, 0.4) is 0 Å². The molecule has 0 unspecified atom stereocenters. The summed E-state index contributed by atoms with van der Waals surface area (Å²) in [7, 11) is 0. The van der Waals surface area contributed by atoms with E-state index in [0.29, 0.717) is 30.9 Å². The molecule has 134 valence electrons. The Hall–Kier alpha value is -2.21. The summed E-state index contributed by atoms with van der Waals surface area (Å²) in [4.78, 5) is 22.0. The van der Waals surface area contributed by atoms with E-state index >= 15 is 0 Å². The lowest BCUT2D eigenvalue weighted by molar-refractivity contribution is -0.132. The lowest BCUT2D eigenvalue weighted by Crippen LogP contribution is -2.31. The second kappa shape index (κ2) is 8.25. The molecule has 1 aliphatic rings. The van der Waals surface area contributed by atoms with Crippen molar-refractivity contribution in [3.8, 4) is 11.3 Å². The van der Waals surface area contributed by atoms with Gasteiger partial charge in [-0.25, -0.2) is 9.37 Å². The number of aromatic amines is 1. The summed E-state index contributed by atoms with van der Waals surface area (Å²) in [5.74, 6) is 0.577.